The van der Waals surface area contributed by atoms with Gasteiger partial charge in [0.25, 0.3) is 0 Å². The number of nitrogens with zero attached hydrogens (tertiary/aromatic N) is 2. The molecule has 3 aromatic heterocycles. The van der Waals surface area contributed by atoms with Crippen LogP contribution in [-0.2, 0) is 0 Å². The minimum atomic E-state index is 0.897. The Hall–Kier alpha value is -5.80. The molecule has 0 saturated carbocycles. The van der Waals surface area contributed by atoms with Crippen LogP contribution in [0.25, 0.3) is 88.0 Å². The Bertz CT molecular complexity index is 2510. The monoisotopic (exact) mass is 548 g/mol. The normalized spacial score (nSPS) is 11.7. The first-order valence-corrected chi connectivity index (χ1v) is 14.5. The lowest BCUT2D eigenvalue weighted by atomic mass is 9.93. The van der Waals surface area contributed by atoms with E-state index in [0.717, 1.165) is 76.9 Å². The van der Waals surface area contributed by atoms with Gasteiger partial charge in [0.05, 0.1) is 16.7 Å². The second-order valence-corrected chi connectivity index (χ2v) is 11.0. The highest BCUT2D eigenvalue weighted by atomic mass is 16.3. The Labute approximate surface area is 247 Å². The van der Waals surface area contributed by atoms with Gasteiger partial charge in [-0.15, -0.1) is 0 Å². The summed E-state index contributed by atoms with van der Waals surface area (Å²) in [5.74, 6) is 0. The molecule has 200 valence electrons. The third kappa shape index (κ3) is 3.83. The first kappa shape index (κ1) is 23.9. The van der Waals surface area contributed by atoms with Gasteiger partial charge >= 0.3 is 0 Å². The van der Waals surface area contributed by atoms with Crippen LogP contribution in [0.2, 0.25) is 0 Å². The van der Waals surface area contributed by atoms with Gasteiger partial charge in [0.15, 0.2) is 0 Å². The lowest BCUT2D eigenvalue weighted by Gasteiger charge is -2.11. The van der Waals surface area contributed by atoms with Crippen LogP contribution in [-0.4, -0.2) is 9.97 Å². The highest BCUT2D eigenvalue weighted by Crippen LogP contribution is 2.41. The van der Waals surface area contributed by atoms with Crippen molar-refractivity contribution in [2.45, 2.75) is 0 Å². The summed E-state index contributed by atoms with van der Waals surface area (Å²) in [5, 5.41) is 6.69. The number of hydrogen-bond donors (Lipinski definition) is 0. The van der Waals surface area contributed by atoms with Crippen LogP contribution >= 0.6 is 0 Å². The van der Waals surface area contributed by atoms with Crippen LogP contribution in [0.1, 0.15) is 0 Å². The maximum Gasteiger partial charge on any atom is 0.143 e. The van der Waals surface area contributed by atoms with Crippen molar-refractivity contribution in [3.8, 4) is 33.5 Å². The molecule has 0 saturated heterocycles. The standard InChI is InChI=1S/C40H24N2O/c1-2-8-25(9-3-1)28-17-19-32-35-24-34(31-13-4-5-14-33(31)40(35)43-37(32)23-28)29-10-6-11-30(22-29)36-20-18-27-16-15-26-12-7-21-41-38(26)39(27)42-36/h1-24H. The van der Waals surface area contributed by atoms with Crippen LogP contribution in [0.4, 0.5) is 0 Å². The molecule has 0 unspecified atom stereocenters. The number of hydrogen-bond acceptors (Lipinski definition) is 3. The lowest BCUT2D eigenvalue weighted by Crippen LogP contribution is -1.89. The molecule has 0 atom stereocenters. The van der Waals surface area contributed by atoms with E-state index in [2.05, 4.69) is 132 Å². The predicted molar refractivity (Wildman–Crippen MR) is 178 cm³/mol. The fourth-order valence-corrected chi connectivity index (χ4v) is 6.38. The topological polar surface area (TPSA) is 38.9 Å². The van der Waals surface area contributed by atoms with E-state index in [1.807, 2.05) is 18.3 Å². The maximum atomic E-state index is 6.57. The zero-order chi connectivity index (χ0) is 28.3. The second kappa shape index (κ2) is 9.37. The molecule has 0 N–H and O–H groups in total. The van der Waals surface area contributed by atoms with Crippen molar-refractivity contribution in [3.05, 3.63) is 146 Å². The minimum absolute atomic E-state index is 0.897. The average molecular weight is 549 g/mol. The van der Waals surface area contributed by atoms with Crippen LogP contribution in [0.3, 0.4) is 0 Å². The van der Waals surface area contributed by atoms with Crippen molar-refractivity contribution < 1.29 is 4.42 Å². The zero-order valence-corrected chi connectivity index (χ0v) is 23.2. The molecular formula is C40H24N2O. The number of pyridine rings is 2. The van der Waals surface area contributed by atoms with Gasteiger partial charge < -0.3 is 4.42 Å². The van der Waals surface area contributed by atoms with Crippen molar-refractivity contribution >= 4 is 54.5 Å². The van der Waals surface area contributed by atoms with Crippen LogP contribution in [0, 0.1) is 0 Å². The molecule has 9 aromatic rings. The van der Waals surface area contributed by atoms with Crippen molar-refractivity contribution in [1.82, 2.24) is 9.97 Å². The molecule has 3 heterocycles. The SMILES string of the molecule is c1ccc(-c2ccc3c(c2)oc2c4ccccc4c(-c4cccc(-c5ccc6ccc7cccnc7c6n5)c4)cc32)cc1. The number of furan rings is 1. The Morgan fingerprint density at radius 3 is 2.12 bits per heavy atom. The van der Waals surface area contributed by atoms with Crippen LogP contribution < -0.4 is 0 Å². The number of aromatic nitrogens is 2. The molecule has 43 heavy (non-hydrogen) atoms. The highest BCUT2D eigenvalue weighted by Gasteiger charge is 2.16. The number of fused-ring (bicyclic) bond motifs is 8. The quantitative estimate of drug-likeness (QED) is 0.206. The molecular weight excluding hydrogens is 524 g/mol. The number of rotatable bonds is 3. The zero-order valence-electron chi connectivity index (χ0n) is 23.2. The third-order valence-electron chi connectivity index (χ3n) is 8.49. The summed E-state index contributed by atoms with van der Waals surface area (Å²) in [6.45, 7) is 0. The Morgan fingerprint density at radius 2 is 1.21 bits per heavy atom. The number of benzene rings is 6. The fraction of sp³-hybridized carbons (Fsp3) is 0. The fourth-order valence-electron chi connectivity index (χ4n) is 6.38. The van der Waals surface area contributed by atoms with E-state index in [1.165, 1.54) is 11.1 Å². The van der Waals surface area contributed by atoms with Crippen molar-refractivity contribution in [2.75, 3.05) is 0 Å². The van der Waals surface area contributed by atoms with Crippen molar-refractivity contribution in [3.63, 3.8) is 0 Å². The van der Waals surface area contributed by atoms with Gasteiger partial charge in [0.1, 0.15) is 11.2 Å². The van der Waals surface area contributed by atoms with E-state index in [0.29, 0.717) is 0 Å². The molecule has 0 fully saturated rings. The van der Waals surface area contributed by atoms with Gasteiger partial charge in [-0.2, -0.15) is 0 Å². The van der Waals surface area contributed by atoms with Gasteiger partial charge in [0, 0.05) is 38.7 Å². The van der Waals surface area contributed by atoms with E-state index in [9.17, 15) is 0 Å². The van der Waals surface area contributed by atoms with Crippen molar-refractivity contribution in [1.29, 1.82) is 0 Å². The molecule has 0 aliphatic carbocycles. The maximum absolute atomic E-state index is 6.57. The molecule has 0 aliphatic heterocycles. The Morgan fingerprint density at radius 1 is 0.442 bits per heavy atom. The van der Waals surface area contributed by atoms with E-state index in [4.69, 9.17) is 9.40 Å². The molecule has 3 heteroatoms. The lowest BCUT2D eigenvalue weighted by molar-refractivity contribution is 0.673. The summed E-state index contributed by atoms with van der Waals surface area (Å²) in [5.41, 5.74) is 10.3. The molecule has 3 nitrogen and oxygen atoms in total. The van der Waals surface area contributed by atoms with Gasteiger partial charge in [-0.3, -0.25) is 4.98 Å². The minimum Gasteiger partial charge on any atom is -0.455 e. The van der Waals surface area contributed by atoms with Crippen LogP contribution in [0.15, 0.2) is 150 Å². The molecule has 9 rings (SSSR count). The summed E-state index contributed by atoms with van der Waals surface area (Å²) in [6, 6.07) is 49.0. The molecule has 0 spiro atoms. The second-order valence-electron chi connectivity index (χ2n) is 11.0. The summed E-state index contributed by atoms with van der Waals surface area (Å²) in [4.78, 5) is 9.75. The van der Waals surface area contributed by atoms with E-state index in [-0.39, 0.29) is 0 Å². The average Bonchev–Trinajstić information content (AvgIpc) is 3.46. The van der Waals surface area contributed by atoms with Gasteiger partial charge in [-0.05, 0) is 64.0 Å². The largest absolute Gasteiger partial charge is 0.455 e. The van der Waals surface area contributed by atoms with E-state index >= 15 is 0 Å². The molecule has 0 radical (unpaired) electrons. The first-order chi connectivity index (χ1) is 21.3. The van der Waals surface area contributed by atoms with Crippen LogP contribution in [0.5, 0.6) is 0 Å². The molecule has 0 aliphatic rings. The summed E-state index contributed by atoms with van der Waals surface area (Å²) in [7, 11) is 0. The Kier molecular flexibility index (Phi) is 5.20. The van der Waals surface area contributed by atoms with Gasteiger partial charge in [0.2, 0.25) is 0 Å². The third-order valence-corrected chi connectivity index (χ3v) is 8.49. The summed E-state index contributed by atoms with van der Waals surface area (Å²) in [6.07, 6.45) is 1.83. The summed E-state index contributed by atoms with van der Waals surface area (Å²) < 4.78 is 6.57. The van der Waals surface area contributed by atoms with E-state index < -0.39 is 0 Å². The van der Waals surface area contributed by atoms with Gasteiger partial charge in [-0.1, -0.05) is 103 Å². The smallest absolute Gasteiger partial charge is 0.143 e. The van der Waals surface area contributed by atoms with E-state index in [1.54, 1.807) is 0 Å². The molecule has 0 amide bonds. The molecule has 6 aromatic carbocycles. The van der Waals surface area contributed by atoms with Gasteiger partial charge in [-0.25, -0.2) is 4.98 Å². The molecule has 0 bridgehead atoms. The first-order valence-electron chi connectivity index (χ1n) is 14.5. The van der Waals surface area contributed by atoms with Crippen molar-refractivity contribution in [2.24, 2.45) is 0 Å². The highest BCUT2D eigenvalue weighted by molar-refractivity contribution is 6.19. The summed E-state index contributed by atoms with van der Waals surface area (Å²) >= 11 is 0. The predicted octanol–water partition coefficient (Wildman–Crippen LogP) is 10.8. The Balaban J connectivity index is 1.23.